The quantitative estimate of drug-likeness (QED) is 0.0256. The molecule has 0 aliphatic rings. The molecule has 42 nitrogen and oxygen atoms in total. The number of ether oxygens (including phenoxy) is 21. The van der Waals surface area contributed by atoms with Crippen molar-refractivity contribution in [3.05, 3.63) is 0 Å². The van der Waals surface area contributed by atoms with Gasteiger partial charge in [-0.1, -0.05) is 6.92 Å². The van der Waals surface area contributed by atoms with Crippen molar-refractivity contribution in [3.63, 3.8) is 0 Å². The van der Waals surface area contributed by atoms with Crippen LogP contribution in [-0.4, -0.2) is 400 Å². The van der Waals surface area contributed by atoms with Crippen molar-refractivity contribution in [3.8, 4) is 0 Å². The summed E-state index contributed by atoms with van der Waals surface area (Å²) < 4.78 is 112. The summed E-state index contributed by atoms with van der Waals surface area (Å²) in [6.07, 6.45) is 2.04. The minimum Gasteiger partial charge on any atom is -0.379 e. The molecule has 9 amide bonds. The first kappa shape index (κ1) is 103. The van der Waals surface area contributed by atoms with Crippen molar-refractivity contribution in [2.75, 3.05) is 330 Å². The fraction of sp³-hybridized carbons (Fsp3) is 0.824. The van der Waals surface area contributed by atoms with Crippen LogP contribution in [0.4, 0.5) is 0 Å². The molecular weight excluding hydrogens is 1470 g/mol. The largest absolute Gasteiger partial charge is 0.379 e. The van der Waals surface area contributed by atoms with Crippen LogP contribution in [0.25, 0.3) is 0 Å². The summed E-state index contributed by atoms with van der Waals surface area (Å²) in [5.41, 5.74) is 4.94. The zero-order valence-corrected chi connectivity index (χ0v) is 63.9. The molecule has 0 radical (unpaired) electrons. The van der Waals surface area contributed by atoms with Crippen LogP contribution in [0.5, 0.6) is 0 Å². The van der Waals surface area contributed by atoms with Gasteiger partial charge in [0.2, 0.25) is 53.2 Å². The highest BCUT2D eigenvalue weighted by atomic mass is 16.6. The zero-order valence-electron chi connectivity index (χ0n) is 63.9. The number of ketones is 3. The molecule has 638 valence electrons. The molecule has 0 rings (SSSR count). The van der Waals surface area contributed by atoms with Gasteiger partial charge in [0, 0.05) is 84.8 Å². The second-order valence-corrected chi connectivity index (χ2v) is 22.6. The molecule has 42 heteroatoms. The molecule has 0 fully saturated rings. The van der Waals surface area contributed by atoms with Gasteiger partial charge in [-0.2, -0.15) is 0 Å². The van der Waals surface area contributed by atoms with E-state index < -0.39 is 53.2 Å². The van der Waals surface area contributed by atoms with Crippen molar-refractivity contribution in [2.45, 2.75) is 39.0 Å². The lowest BCUT2D eigenvalue weighted by atomic mass is 10.2. The summed E-state index contributed by atoms with van der Waals surface area (Å²) in [6.45, 7) is 9.57. The van der Waals surface area contributed by atoms with Crippen molar-refractivity contribution >= 4 is 70.5 Å². The average Bonchev–Trinajstić information content (AvgIpc) is 1.47. The summed E-state index contributed by atoms with van der Waals surface area (Å²) in [5.74, 6) is -4.16. The summed E-state index contributed by atoms with van der Waals surface area (Å²) >= 11 is 0. The summed E-state index contributed by atoms with van der Waals surface area (Å²) in [6, 6.07) is 0. The Morgan fingerprint density at radius 3 is 0.527 bits per heavy atom. The molecule has 0 aliphatic heterocycles. The van der Waals surface area contributed by atoms with Gasteiger partial charge in [0.05, 0.1) is 185 Å². The first-order valence-corrected chi connectivity index (χ1v) is 36.7. The third kappa shape index (κ3) is 82.4. The fourth-order valence-electron chi connectivity index (χ4n) is 7.70. The maximum atomic E-state index is 12.0. The number of rotatable bonds is 87. The van der Waals surface area contributed by atoms with Crippen LogP contribution in [0, 0.1) is 0 Å². The van der Waals surface area contributed by atoms with Gasteiger partial charge in [-0.15, -0.1) is 0 Å². The highest BCUT2D eigenvalue weighted by Crippen LogP contribution is 1.97. The normalized spacial score (nSPS) is 11.1. The van der Waals surface area contributed by atoms with Crippen LogP contribution in [0.2, 0.25) is 0 Å². The third-order valence-corrected chi connectivity index (χ3v) is 13.1. The maximum absolute atomic E-state index is 12.0. The van der Waals surface area contributed by atoms with Crippen LogP contribution < -0.4 is 48.3 Å². The van der Waals surface area contributed by atoms with E-state index in [1.54, 1.807) is 6.92 Å². The van der Waals surface area contributed by atoms with Crippen molar-refractivity contribution in [2.24, 2.45) is 5.73 Å². The van der Waals surface area contributed by atoms with E-state index in [1.165, 1.54) is 0 Å². The second kappa shape index (κ2) is 81.9. The lowest BCUT2D eigenvalue weighted by molar-refractivity contribution is -0.132. The number of hydrogen-bond donors (Lipinski definition) is 9. The lowest BCUT2D eigenvalue weighted by Crippen LogP contribution is -2.34. The van der Waals surface area contributed by atoms with Crippen molar-refractivity contribution in [1.29, 1.82) is 0 Å². The van der Waals surface area contributed by atoms with E-state index in [4.69, 9.17) is 105 Å². The second-order valence-electron chi connectivity index (χ2n) is 22.6. The average molecular weight is 1590 g/mol. The molecule has 0 saturated heterocycles. The Labute approximate surface area is 642 Å². The van der Waals surface area contributed by atoms with E-state index in [0.717, 1.165) is 0 Å². The Morgan fingerprint density at radius 2 is 0.345 bits per heavy atom. The van der Waals surface area contributed by atoms with E-state index in [1.807, 2.05) is 0 Å². The molecule has 110 heavy (non-hydrogen) atoms. The maximum Gasteiger partial charge on any atom is 0.246 e. The number of carbonyl (C=O) groups excluding carboxylic acids is 12. The monoisotopic (exact) mass is 1590 g/mol. The number of Topliss-reactive ketones (excluding diaryl/α,β-unsaturated/α-hetero) is 3. The standard InChI is InChI=1S/C68H123N9O33/c1-2-57(78)45-105-46-58(79)5-3-15-90-25-35-100-37-27-92-17-7-70-61(82)49-107-51-63(84)72-9-19-94-29-39-102-41-31-96-21-11-74-65(86)53-109-55-67(88)76-13-23-98-33-43-104-44-34-99-24-14-77-68(89)56-110-54-66(87)75-12-22-97-32-42-103-40-30-95-20-10-73-64(85)52-108-50-62(83)71-8-18-93-28-38-101-36-26-91-16-4-6-59(80)47-106-48-60(69)81/h2-56H2,1H3,(H2,69,81)(H,70,82)(H,71,83)(H,72,84)(H,73,85)(H,74,86)(H,75,87)(H,76,88)(H,77,89). The van der Waals surface area contributed by atoms with Gasteiger partial charge >= 0.3 is 0 Å². The predicted octanol–water partition coefficient (Wildman–Crippen LogP) is -6.57. The van der Waals surface area contributed by atoms with Crippen LogP contribution in [-0.2, 0) is 157 Å². The Kier molecular flexibility index (Phi) is 77.0. The molecule has 0 heterocycles. The van der Waals surface area contributed by atoms with E-state index >= 15 is 0 Å². The zero-order chi connectivity index (χ0) is 80.3. The van der Waals surface area contributed by atoms with Crippen LogP contribution in [0.1, 0.15) is 39.0 Å². The topological polar surface area (TPSA) is 521 Å². The van der Waals surface area contributed by atoms with Crippen LogP contribution >= 0.6 is 0 Å². The first-order valence-electron chi connectivity index (χ1n) is 36.7. The number of nitrogens with one attached hydrogen (secondary N) is 8. The molecule has 0 atom stereocenters. The molecular formula is C68H123N9O33. The van der Waals surface area contributed by atoms with E-state index in [2.05, 4.69) is 42.5 Å². The van der Waals surface area contributed by atoms with Crippen molar-refractivity contribution in [1.82, 2.24) is 42.5 Å². The predicted molar refractivity (Wildman–Crippen MR) is 384 cm³/mol. The molecule has 0 aromatic rings. The Morgan fingerprint density at radius 1 is 0.191 bits per heavy atom. The highest BCUT2D eigenvalue weighted by molar-refractivity contribution is 5.83. The number of amides is 9. The molecule has 0 bridgehead atoms. The van der Waals surface area contributed by atoms with Gasteiger partial charge in [0.25, 0.3) is 0 Å². The number of nitrogens with two attached hydrogens (primary N) is 1. The smallest absolute Gasteiger partial charge is 0.246 e. The molecule has 0 unspecified atom stereocenters. The highest BCUT2D eigenvalue weighted by Gasteiger charge is 2.12. The summed E-state index contributed by atoms with van der Waals surface area (Å²) in [7, 11) is 0. The molecule has 0 saturated carbocycles. The molecule has 10 N–H and O–H groups in total. The lowest BCUT2D eigenvalue weighted by Gasteiger charge is -2.10. The number of carbonyl (C=O) groups is 12. The third-order valence-electron chi connectivity index (χ3n) is 13.1. The fourth-order valence-corrected chi connectivity index (χ4v) is 7.70. The van der Waals surface area contributed by atoms with E-state index in [0.29, 0.717) is 131 Å². The Balaban J connectivity index is 3.43. The van der Waals surface area contributed by atoms with Gasteiger partial charge in [-0.3, -0.25) is 57.5 Å². The summed E-state index contributed by atoms with van der Waals surface area (Å²) in [4.78, 5) is 141. The van der Waals surface area contributed by atoms with E-state index in [-0.39, 0.29) is 248 Å². The van der Waals surface area contributed by atoms with Gasteiger partial charge in [0.1, 0.15) is 79.3 Å². The molecule has 0 spiro atoms. The first-order chi connectivity index (χ1) is 53.6. The Bertz CT molecular complexity index is 2360. The molecule has 0 aromatic heterocycles. The number of hydrogen-bond acceptors (Lipinski definition) is 33. The number of primary amides is 1. The van der Waals surface area contributed by atoms with Gasteiger partial charge in [-0.05, 0) is 12.8 Å². The van der Waals surface area contributed by atoms with Gasteiger partial charge in [-0.25, -0.2) is 0 Å². The SMILES string of the molecule is CCC(=O)COCC(=O)CCCOCCOCCOCCNC(=O)COCC(=O)NCCOCCOCCOCCNC(=O)COCC(=O)NCCOCCOCCOCCNC(=O)COCC(=O)NCCOCCOCCOCCNC(=O)COCC(=O)NCCOCCOCCOCCCC(=O)COCC(N)=O. The summed E-state index contributed by atoms with van der Waals surface area (Å²) in [5, 5.41) is 21.0. The minimum atomic E-state index is -0.631. The van der Waals surface area contributed by atoms with Crippen LogP contribution in [0.3, 0.4) is 0 Å². The van der Waals surface area contributed by atoms with Gasteiger partial charge < -0.3 is 148 Å². The molecule has 0 aromatic carbocycles. The minimum absolute atomic E-state index is 0.0413. The van der Waals surface area contributed by atoms with Crippen molar-refractivity contribution < 1.29 is 157 Å². The van der Waals surface area contributed by atoms with Crippen LogP contribution in [0.15, 0.2) is 0 Å². The Hall–Kier alpha value is -6.60. The van der Waals surface area contributed by atoms with E-state index in [9.17, 15) is 57.5 Å². The van der Waals surface area contributed by atoms with Gasteiger partial charge in [0.15, 0.2) is 17.3 Å². The molecule has 0 aliphatic carbocycles.